The highest BCUT2D eigenvalue weighted by atomic mass is 16.7. The van der Waals surface area contributed by atoms with E-state index >= 15 is 0 Å². The van der Waals surface area contributed by atoms with Crippen LogP contribution in [0.1, 0.15) is 156 Å². The molecule has 0 aliphatic rings. The third-order valence-corrected chi connectivity index (χ3v) is 5.68. The van der Waals surface area contributed by atoms with E-state index in [1.54, 1.807) is 0 Å². The molecule has 0 rings (SSSR count). The fourth-order valence-electron chi connectivity index (χ4n) is 3.63. The average Bonchev–Trinajstić information content (AvgIpc) is 2.74. The normalized spacial score (nSPS) is 11.5. The summed E-state index contributed by atoms with van der Waals surface area (Å²) in [5.74, 6) is -0.653. The topological polar surface area (TPSA) is 76.0 Å². The van der Waals surface area contributed by atoms with Gasteiger partial charge in [0.2, 0.25) is 0 Å². The number of carboxylic acids is 1. The zero-order chi connectivity index (χ0) is 23.4. The first-order valence-electron chi connectivity index (χ1n) is 13.3. The Morgan fingerprint density at radius 1 is 0.677 bits per heavy atom. The van der Waals surface area contributed by atoms with Gasteiger partial charge in [-0.3, -0.25) is 4.79 Å². The van der Waals surface area contributed by atoms with Crippen molar-refractivity contribution >= 4 is 5.97 Å². The summed E-state index contributed by atoms with van der Waals surface area (Å²) in [4.78, 5) is 24.5. The number of unbranched alkanes of at least 4 members (excludes halogenated alkanes) is 17. The van der Waals surface area contributed by atoms with Crippen LogP contribution in [0.3, 0.4) is 0 Å². The molecule has 0 saturated carbocycles. The Morgan fingerprint density at radius 2 is 1.03 bits per heavy atom. The highest BCUT2D eigenvalue weighted by Crippen LogP contribution is 2.13. The molecule has 0 aliphatic carbocycles. The van der Waals surface area contributed by atoms with E-state index < -0.39 is 5.97 Å². The van der Waals surface area contributed by atoms with E-state index in [1.165, 1.54) is 103 Å². The number of hydrogen-bond acceptors (Lipinski definition) is 4. The van der Waals surface area contributed by atoms with Crippen LogP contribution < -0.4 is 0 Å². The van der Waals surface area contributed by atoms with Gasteiger partial charge in [-0.05, 0) is 26.2 Å². The summed E-state index contributed by atoms with van der Waals surface area (Å²) >= 11 is 0. The quantitative estimate of drug-likeness (QED) is 0.0969. The summed E-state index contributed by atoms with van der Waals surface area (Å²) in [6.07, 6.45) is 26.0. The van der Waals surface area contributed by atoms with E-state index in [0.717, 1.165) is 25.7 Å². The Bertz CT molecular complexity index is 363. The van der Waals surface area contributed by atoms with E-state index in [0.29, 0.717) is 6.42 Å². The monoisotopic (exact) mass is 443 g/mol. The van der Waals surface area contributed by atoms with E-state index in [2.05, 4.69) is 24.0 Å². The highest BCUT2D eigenvalue weighted by molar-refractivity contribution is 5.66. The summed E-state index contributed by atoms with van der Waals surface area (Å²) in [7, 11) is 0. The van der Waals surface area contributed by atoms with Crippen molar-refractivity contribution in [3.05, 3.63) is 4.91 Å². The summed E-state index contributed by atoms with van der Waals surface area (Å²) in [5.41, 5.74) is 0. The number of aliphatic carboxylic acids is 1. The van der Waals surface area contributed by atoms with Gasteiger partial charge >= 0.3 is 5.97 Å². The molecule has 31 heavy (non-hydrogen) atoms. The maximum absolute atomic E-state index is 10.3. The van der Waals surface area contributed by atoms with E-state index in [-0.39, 0.29) is 6.10 Å². The molecule has 0 aromatic heterocycles. The first-order chi connectivity index (χ1) is 15.1. The van der Waals surface area contributed by atoms with Gasteiger partial charge < -0.3 is 9.94 Å². The van der Waals surface area contributed by atoms with Gasteiger partial charge in [0.15, 0.2) is 5.34 Å². The van der Waals surface area contributed by atoms with Crippen molar-refractivity contribution < 1.29 is 14.7 Å². The molecule has 0 radical (unpaired) electrons. The number of carboxylic acid groups (broad SMARTS) is 1. The lowest BCUT2D eigenvalue weighted by Gasteiger charge is -2.05. The van der Waals surface area contributed by atoms with Crippen LogP contribution in [0.25, 0.3) is 0 Å². The summed E-state index contributed by atoms with van der Waals surface area (Å²) < 4.78 is 0. The van der Waals surface area contributed by atoms with Crippen molar-refractivity contribution in [1.82, 2.24) is 0 Å². The molecule has 1 atom stereocenters. The summed E-state index contributed by atoms with van der Waals surface area (Å²) in [5, 5.41) is 10.9. The van der Waals surface area contributed by atoms with E-state index in [9.17, 15) is 9.70 Å². The second-order valence-corrected chi connectivity index (χ2v) is 8.93. The van der Waals surface area contributed by atoms with Gasteiger partial charge in [-0.2, -0.15) is 0 Å². The van der Waals surface area contributed by atoms with Crippen LogP contribution in [0.5, 0.6) is 0 Å². The molecule has 0 aromatic carbocycles. The molecule has 1 unspecified atom stereocenters. The van der Waals surface area contributed by atoms with Crippen molar-refractivity contribution in [2.45, 2.75) is 162 Å². The molecular weight excluding hydrogens is 390 g/mol. The van der Waals surface area contributed by atoms with Crippen LogP contribution in [0.4, 0.5) is 0 Å². The largest absolute Gasteiger partial charge is 0.481 e. The molecule has 0 saturated heterocycles. The Balaban J connectivity index is 0. The lowest BCUT2D eigenvalue weighted by molar-refractivity contribution is -0.137. The van der Waals surface area contributed by atoms with Gasteiger partial charge in [-0.25, -0.2) is 0 Å². The van der Waals surface area contributed by atoms with Gasteiger partial charge in [0.25, 0.3) is 0 Å². The molecule has 0 bridgehead atoms. The molecule has 5 heteroatoms. The minimum Gasteiger partial charge on any atom is -0.481 e. The van der Waals surface area contributed by atoms with Crippen molar-refractivity contribution in [1.29, 1.82) is 0 Å². The third kappa shape index (κ3) is 33.7. The van der Waals surface area contributed by atoms with Gasteiger partial charge in [0.1, 0.15) is 6.10 Å². The average molecular weight is 444 g/mol. The Labute approximate surface area is 193 Å². The van der Waals surface area contributed by atoms with Gasteiger partial charge in [0, 0.05) is 6.42 Å². The predicted octanol–water partition coefficient (Wildman–Crippen LogP) is 9.38. The van der Waals surface area contributed by atoms with Crippen LogP contribution in [0.15, 0.2) is 5.34 Å². The number of carbonyl (C=O) groups is 1. The fraction of sp³-hybridized carbons (Fsp3) is 0.962. The first-order valence-corrected chi connectivity index (χ1v) is 13.3. The molecule has 5 nitrogen and oxygen atoms in total. The molecule has 1 N–H and O–H groups in total. The maximum Gasteiger partial charge on any atom is 0.303 e. The molecule has 0 spiro atoms. The van der Waals surface area contributed by atoms with E-state index in [1.807, 2.05) is 6.92 Å². The number of nitrogens with zero attached hydrogens (tertiary/aromatic N) is 1. The van der Waals surface area contributed by atoms with Crippen molar-refractivity contribution in [2.24, 2.45) is 5.34 Å². The third-order valence-electron chi connectivity index (χ3n) is 5.68. The molecule has 186 valence electrons. The lowest BCUT2D eigenvalue weighted by Crippen LogP contribution is -2.02. The van der Waals surface area contributed by atoms with Crippen LogP contribution in [-0.2, 0) is 9.63 Å². The minimum absolute atomic E-state index is 0.00986. The second-order valence-electron chi connectivity index (χ2n) is 8.93. The SMILES string of the molecule is CCCCCCC(C)ON=O.CCCCCCCCCCCCCCCCCC(=O)O. The van der Waals surface area contributed by atoms with Crippen LogP contribution in [-0.4, -0.2) is 17.2 Å². The van der Waals surface area contributed by atoms with Gasteiger partial charge in [-0.1, -0.05) is 123 Å². The standard InChI is InChI=1S/C18H36O2.C8H17NO2/c1-2-3-4-5-6-7-8-9-10-11-12-13-14-15-16-17-18(19)20;1-3-4-5-6-7-8(2)11-9-10/h2-17H2,1H3,(H,19,20);8H,3-7H2,1-2H3. The number of rotatable bonds is 23. The van der Waals surface area contributed by atoms with Gasteiger partial charge in [-0.15, -0.1) is 4.91 Å². The highest BCUT2D eigenvalue weighted by Gasteiger charge is 2.01. The Kier molecular flexibility index (Phi) is 29.8. The molecule has 0 aromatic rings. The van der Waals surface area contributed by atoms with Crippen LogP contribution >= 0.6 is 0 Å². The lowest BCUT2D eigenvalue weighted by atomic mass is 10.0. The first kappa shape index (κ1) is 32.1. The molecule has 0 fully saturated rings. The van der Waals surface area contributed by atoms with Crippen LogP contribution in [0, 0.1) is 4.91 Å². The van der Waals surface area contributed by atoms with Crippen molar-refractivity contribution in [3.8, 4) is 0 Å². The van der Waals surface area contributed by atoms with Crippen molar-refractivity contribution in [2.75, 3.05) is 0 Å². The summed E-state index contributed by atoms with van der Waals surface area (Å²) in [6, 6.07) is 0. The Morgan fingerprint density at radius 3 is 1.39 bits per heavy atom. The second kappa shape index (κ2) is 28.9. The molecule has 0 heterocycles. The van der Waals surface area contributed by atoms with Gasteiger partial charge in [0.05, 0.1) is 0 Å². The molecule has 0 aliphatic heterocycles. The maximum atomic E-state index is 10.3. The zero-order valence-corrected chi connectivity index (χ0v) is 21.0. The van der Waals surface area contributed by atoms with Crippen LogP contribution in [0.2, 0.25) is 0 Å². The fourth-order valence-corrected chi connectivity index (χ4v) is 3.63. The molecule has 0 amide bonds. The predicted molar refractivity (Wildman–Crippen MR) is 132 cm³/mol. The zero-order valence-electron chi connectivity index (χ0n) is 21.0. The van der Waals surface area contributed by atoms with Crippen molar-refractivity contribution in [3.63, 3.8) is 0 Å². The summed E-state index contributed by atoms with van der Waals surface area (Å²) in [6.45, 7) is 6.31. The smallest absolute Gasteiger partial charge is 0.303 e. The number of hydrogen-bond donors (Lipinski definition) is 1. The van der Waals surface area contributed by atoms with E-state index in [4.69, 9.17) is 5.11 Å². The minimum atomic E-state index is -0.653. The Hall–Kier alpha value is -1.13. The molecular formula is C26H53NO4.